The Labute approximate surface area is 179 Å². The van der Waals surface area contributed by atoms with E-state index >= 15 is 0 Å². The molecule has 1 atom stereocenters. The number of anilines is 1. The predicted molar refractivity (Wildman–Crippen MR) is 118 cm³/mol. The number of fused-ring (bicyclic) bond motifs is 1. The maximum absolute atomic E-state index is 14.4. The van der Waals surface area contributed by atoms with Crippen molar-refractivity contribution < 1.29 is 18.7 Å². The smallest absolute Gasteiger partial charge is 0.225 e. The van der Waals surface area contributed by atoms with Crippen molar-refractivity contribution in [1.82, 2.24) is 0 Å². The first-order valence-corrected chi connectivity index (χ1v) is 11.1. The lowest BCUT2D eigenvalue weighted by Gasteiger charge is -2.25. The van der Waals surface area contributed by atoms with Crippen LogP contribution in [0.25, 0.3) is 11.1 Å². The van der Waals surface area contributed by atoms with Crippen molar-refractivity contribution in [3.05, 3.63) is 64.1 Å². The van der Waals surface area contributed by atoms with Gasteiger partial charge < -0.3 is 14.8 Å². The molecule has 1 aliphatic heterocycles. The van der Waals surface area contributed by atoms with E-state index in [9.17, 15) is 9.18 Å². The molecule has 0 saturated carbocycles. The Kier molecular flexibility index (Phi) is 6.04. The van der Waals surface area contributed by atoms with E-state index in [2.05, 4.69) is 12.2 Å². The van der Waals surface area contributed by atoms with Gasteiger partial charge in [-0.2, -0.15) is 0 Å². The molecule has 6 heteroatoms. The molecule has 30 heavy (non-hydrogen) atoms. The van der Waals surface area contributed by atoms with E-state index in [-0.39, 0.29) is 17.6 Å². The third-order valence-electron chi connectivity index (χ3n) is 5.09. The molecule has 0 radical (unpaired) electrons. The van der Waals surface area contributed by atoms with Gasteiger partial charge in [0.2, 0.25) is 5.91 Å². The van der Waals surface area contributed by atoms with Crippen molar-refractivity contribution >= 4 is 22.9 Å². The number of hydrogen-bond donors (Lipinski definition) is 1. The molecule has 0 spiro atoms. The third-order valence-corrected chi connectivity index (χ3v) is 6.18. The number of halogens is 1. The van der Waals surface area contributed by atoms with Crippen LogP contribution < -0.4 is 14.8 Å². The summed E-state index contributed by atoms with van der Waals surface area (Å²) in [5.41, 5.74) is 2.91. The van der Waals surface area contributed by atoms with Crippen molar-refractivity contribution in [2.75, 3.05) is 18.5 Å². The highest BCUT2D eigenvalue weighted by molar-refractivity contribution is 7.11. The van der Waals surface area contributed by atoms with Crippen LogP contribution in [0.1, 0.15) is 43.0 Å². The van der Waals surface area contributed by atoms with E-state index in [0.717, 1.165) is 22.4 Å². The van der Waals surface area contributed by atoms with Gasteiger partial charge in [0.1, 0.15) is 5.82 Å². The first-order chi connectivity index (χ1) is 14.6. The number of benzene rings is 2. The SMILES string of the molecule is CCCOc1ccc([C@@H]2CC(=O)Nc3c(-c4ccccc4F)csc32)cc1OCC. The number of carbonyl (C=O) groups excluding carboxylic acids is 1. The van der Waals surface area contributed by atoms with Gasteiger partial charge in [-0.1, -0.05) is 31.2 Å². The Hall–Kier alpha value is -2.86. The van der Waals surface area contributed by atoms with E-state index in [1.54, 1.807) is 29.5 Å². The highest BCUT2D eigenvalue weighted by Gasteiger charge is 2.31. The molecule has 0 bridgehead atoms. The molecule has 1 aliphatic rings. The highest BCUT2D eigenvalue weighted by Crippen LogP contribution is 2.48. The minimum absolute atomic E-state index is 0.0761. The van der Waals surface area contributed by atoms with Crippen molar-refractivity contribution in [3.63, 3.8) is 0 Å². The van der Waals surface area contributed by atoms with Gasteiger partial charge in [0.05, 0.1) is 18.9 Å². The van der Waals surface area contributed by atoms with E-state index in [1.165, 1.54) is 6.07 Å². The molecule has 156 valence electrons. The van der Waals surface area contributed by atoms with Crippen LogP contribution in [0, 0.1) is 5.82 Å². The summed E-state index contributed by atoms with van der Waals surface area (Å²) in [5.74, 6) is 0.903. The zero-order valence-electron chi connectivity index (χ0n) is 17.0. The summed E-state index contributed by atoms with van der Waals surface area (Å²) < 4.78 is 26.0. The second-order valence-electron chi connectivity index (χ2n) is 7.16. The second kappa shape index (κ2) is 8.88. The number of carbonyl (C=O) groups is 1. The summed E-state index contributed by atoms with van der Waals surface area (Å²) in [5, 5.41) is 4.88. The van der Waals surface area contributed by atoms with Crippen LogP contribution in [0.4, 0.5) is 10.1 Å². The van der Waals surface area contributed by atoms with Crippen molar-refractivity contribution in [3.8, 4) is 22.6 Å². The fraction of sp³-hybridized carbons (Fsp3) is 0.292. The number of rotatable bonds is 7. The van der Waals surface area contributed by atoms with Crippen molar-refractivity contribution in [2.24, 2.45) is 0 Å². The molecule has 1 N–H and O–H groups in total. The quantitative estimate of drug-likeness (QED) is 0.489. The predicted octanol–water partition coefficient (Wildman–Crippen LogP) is 6.22. The fourth-order valence-electron chi connectivity index (χ4n) is 3.71. The minimum Gasteiger partial charge on any atom is -0.490 e. The molecule has 4 rings (SSSR count). The minimum atomic E-state index is -0.300. The zero-order chi connectivity index (χ0) is 21.1. The van der Waals surface area contributed by atoms with Gasteiger partial charge in [-0.05, 0) is 37.1 Å². The average molecular weight is 426 g/mol. The topological polar surface area (TPSA) is 47.6 Å². The molecule has 0 fully saturated rings. The Morgan fingerprint density at radius 1 is 1.10 bits per heavy atom. The average Bonchev–Trinajstić information content (AvgIpc) is 3.16. The van der Waals surface area contributed by atoms with Crippen LogP contribution >= 0.6 is 11.3 Å². The third kappa shape index (κ3) is 3.92. The molecule has 3 aromatic rings. The van der Waals surface area contributed by atoms with Crippen LogP contribution in [0.3, 0.4) is 0 Å². The summed E-state index contributed by atoms with van der Waals surface area (Å²) in [4.78, 5) is 13.6. The van der Waals surface area contributed by atoms with Gasteiger partial charge >= 0.3 is 0 Å². The molecule has 2 heterocycles. The summed E-state index contributed by atoms with van der Waals surface area (Å²) >= 11 is 1.54. The maximum Gasteiger partial charge on any atom is 0.225 e. The summed E-state index contributed by atoms with van der Waals surface area (Å²) in [6.45, 7) is 5.13. The number of thiophene rings is 1. The van der Waals surface area contributed by atoms with Crippen LogP contribution in [-0.2, 0) is 4.79 Å². The van der Waals surface area contributed by atoms with Gasteiger partial charge in [-0.15, -0.1) is 11.3 Å². The van der Waals surface area contributed by atoms with Crippen LogP contribution in [0.2, 0.25) is 0 Å². The Morgan fingerprint density at radius 2 is 1.93 bits per heavy atom. The molecule has 0 saturated heterocycles. The lowest BCUT2D eigenvalue weighted by atomic mass is 9.89. The maximum atomic E-state index is 14.4. The van der Waals surface area contributed by atoms with E-state index in [0.29, 0.717) is 42.4 Å². The number of nitrogens with one attached hydrogen (secondary N) is 1. The van der Waals surface area contributed by atoms with Crippen molar-refractivity contribution in [1.29, 1.82) is 0 Å². The van der Waals surface area contributed by atoms with Gasteiger partial charge in [0.15, 0.2) is 11.5 Å². The largest absolute Gasteiger partial charge is 0.490 e. The molecular formula is C24H24FNO3S. The van der Waals surface area contributed by atoms with Gasteiger partial charge in [-0.3, -0.25) is 4.79 Å². The molecule has 1 amide bonds. The summed E-state index contributed by atoms with van der Waals surface area (Å²) in [6.07, 6.45) is 1.25. The van der Waals surface area contributed by atoms with Crippen molar-refractivity contribution in [2.45, 2.75) is 32.6 Å². The molecular weight excluding hydrogens is 401 g/mol. The zero-order valence-corrected chi connectivity index (χ0v) is 17.9. The molecule has 2 aromatic carbocycles. The monoisotopic (exact) mass is 425 g/mol. The fourth-order valence-corrected chi connectivity index (χ4v) is 4.87. The van der Waals surface area contributed by atoms with Gasteiger partial charge in [-0.25, -0.2) is 4.39 Å². The Balaban J connectivity index is 1.74. The van der Waals surface area contributed by atoms with Gasteiger partial charge in [0.25, 0.3) is 0 Å². The molecule has 0 aliphatic carbocycles. The Bertz CT molecular complexity index is 1060. The second-order valence-corrected chi connectivity index (χ2v) is 8.07. The number of ether oxygens (including phenoxy) is 2. The standard InChI is InChI=1S/C24H24FNO3S/c1-3-11-29-20-10-9-15(12-21(20)28-4-2)17-13-22(27)26-23-18(14-30-24(17)23)16-7-5-6-8-19(16)25/h5-10,12,14,17H,3-4,11,13H2,1-2H3,(H,26,27)/t17-/m0/s1. The summed E-state index contributed by atoms with van der Waals surface area (Å²) in [6, 6.07) is 12.5. The highest BCUT2D eigenvalue weighted by atomic mass is 32.1. The summed E-state index contributed by atoms with van der Waals surface area (Å²) in [7, 11) is 0. The normalized spacial score (nSPS) is 15.4. The molecule has 4 nitrogen and oxygen atoms in total. The molecule has 0 unspecified atom stereocenters. The Morgan fingerprint density at radius 3 is 2.70 bits per heavy atom. The first kappa shape index (κ1) is 20.4. The molecule has 1 aromatic heterocycles. The van der Waals surface area contributed by atoms with Crippen LogP contribution in [0.5, 0.6) is 11.5 Å². The van der Waals surface area contributed by atoms with Crippen LogP contribution in [-0.4, -0.2) is 19.1 Å². The number of amides is 1. The first-order valence-electron chi connectivity index (χ1n) is 10.2. The lowest BCUT2D eigenvalue weighted by molar-refractivity contribution is -0.116. The van der Waals surface area contributed by atoms with E-state index in [4.69, 9.17) is 9.47 Å². The van der Waals surface area contributed by atoms with Gasteiger partial charge in [0, 0.05) is 33.7 Å². The van der Waals surface area contributed by atoms with E-state index < -0.39 is 0 Å². The lowest BCUT2D eigenvalue weighted by Crippen LogP contribution is -2.22. The number of hydrogen-bond acceptors (Lipinski definition) is 4. The van der Waals surface area contributed by atoms with Crippen LogP contribution in [0.15, 0.2) is 47.8 Å². The van der Waals surface area contributed by atoms with E-state index in [1.807, 2.05) is 30.5 Å².